The molecule has 1 N–H and O–H groups in total. The quantitative estimate of drug-likeness (QED) is 0.236. The summed E-state index contributed by atoms with van der Waals surface area (Å²) in [6.07, 6.45) is 4.06. The summed E-state index contributed by atoms with van der Waals surface area (Å²) in [6, 6.07) is -0.141. The van der Waals surface area contributed by atoms with Crippen molar-refractivity contribution in [3.8, 4) is 0 Å². The summed E-state index contributed by atoms with van der Waals surface area (Å²) in [5, 5.41) is 13.7. The van der Waals surface area contributed by atoms with E-state index in [1.54, 1.807) is 12.0 Å². The predicted molar refractivity (Wildman–Crippen MR) is 113 cm³/mol. The summed E-state index contributed by atoms with van der Waals surface area (Å²) >= 11 is 0. The molecule has 4 rings (SSSR count). The number of carboxylic acids is 1. The van der Waals surface area contributed by atoms with Crippen molar-refractivity contribution in [3.63, 3.8) is 0 Å². The molecule has 3 saturated heterocycles. The number of aliphatic carboxylic acids is 1. The molecule has 33 heavy (non-hydrogen) atoms. The Morgan fingerprint density at radius 1 is 1.30 bits per heavy atom. The van der Waals surface area contributed by atoms with E-state index in [1.807, 2.05) is 0 Å². The van der Waals surface area contributed by atoms with Gasteiger partial charge >= 0.3 is 35.7 Å². The van der Waals surface area contributed by atoms with Crippen molar-refractivity contribution in [1.82, 2.24) is 10.2 Å². The Bertz CT molecular complexity index is 770. The standard InChI is InChI=1S/C23H36N2O7.Na/c1-14(2)5-6-17-22(3,32-17)20-19(29-4)16(7-9-23(20)13-30-23)31-21(28)24-15-8-10-25(11-15)12-18(26)27;/h5,15-17,19-20H,6-13H2,1-4H3,(H,24,28)(H,26,27);/q;+1/p-1/t15-,16+,17+,19+,20+,22-,23-;/m0./s1. The summed E-state index contributed by atoms with van der Waals surface area (Å²) in [4.78, 5) is 25.2. The first-order valence-electron chi connectivity index (χ1n) is 11.5. The number of likely N-dealkylation sites (tertiary alicyclic amines) is 1. The zero-order chi connectivity index (χ0) is 23.1. The molecule has 1 aliphatic carbocycles. The fourth-order valence-corrected chi connectivity index (χ4v) is 5.69. The molecular weight excluding hydrogens is 439 g/mol. The van der Waals surface area contributed by atoms with E-state index in [0.717, 1.165) is 12.8 Å². The molecule has 0 aromatic carbocycles. The van der Waals surface area contributed by atoms with E-state index in [4.69, 9.17) is 18.9 Å². The van der Waals surface area contributed by atoms with Crippen LogP contribution >= 0.6 is 0 Å². The average Bonchev–Trinajstić information content (AvgIpc) is 3.58. The molecular formula is C23H35N2NaO7. The second kappa shape index (κ2) is 10.5. The van der Waals surface area contributed by atoms with Crippen molar-refractivity contribution >= 4 is 12.1 Å². The van der Waals surface area contributed by atoms with Gasteiger partial charge in [-0.2, -0.15) is 0 Å². The number of allylic oxidation sites excluding steroid dienone is 1. The number of nitrogens with zero attached hydrogens (tertiary/aromatic N) is 1. The van der Waals surface area contributed by atoms with Gasteiger partial charge in [0.15, 0.2) is 0 Å². The van der Waals surface area contributed by atoms with Gasteiger partial charge in [0.25, 0.3) is 0 Å². The molecule has 0 aromatic rings. The maximum Gasteiger partial charge on any atom is 1.00 e. The van der Waals surface area contributed by atoms with Crippen LogP contribution in [0.1, 0.15) is 46.5 Å². The first-order chi connectivity index (χ1) is 15.2. The van der Waals surface area contributed by atoms with Crippen molar-refractivity contribution in [2.24, 2.45) is 5.92 Å². The van der Waals surface area contributed by atoms with Gasteiger partial charge in [-0.3, -0.25) is 4.90 Å². The molecule has 4 aliphatic rings. The molecule has 180 valence electrons. The zero-order valence-corrected chi connectivity index (χ0v) is 22.4. The molecule has 1 amide bonds. The van der Waals surface area contributed by atoms with Gasteiger partial charge in [-0.15, -0.1) is 0 Å². The maximum atomic E-state index is 12.6. The summed E-state index contributed by atoms with van der Waals surface area (Å²) in [5.41, 5.74) is 0.621. The number of hydrogen-bond donors (Lipinski definition) is 1. The molecule has 3 aliphatic heterocycles. The van der Waals surface area contributed by atoms with Crippen LogP contribution in [0.25, 0.3) is 0 Å². The second-order valence-electron chi connectivity index (χ2n) is 10.1. The maximum absolute atomic E-state index is 12.6. The van der Waals surface area contributed by atoms with Crippen molar-refractivity contribution < 1.29 is 63.2 Å². The summed E-state index contributed by atoms with van der Waals surface area (Å²) in [7, 11) is 1.65. The molecule has 1 saturated carbocycles. The van der Waals surface area contributed by atoms with Gasteiger partial charge in [0.2, 0.25) is 0 Å². The molecule has 4 fully saturated rings. The van der Waals surface area contributed by atoms with Gasteiger partial charge in [-0.25, -0.2) is 4.79 Å². The van der Waals surface area contributed by atoms with Gasteiger partial charge in [-0.05, 0) is 46.5 Å². The van der Waals surface area contributed by atoms with Crippen LogP contribution < -0.4 is 40.0 Å². The molecule has 3 heterocycles. The van der Waals surface area contributed by atoms with Gasteiger partial charge in [-0.1, -0.05) is 11.6 Å². The molecule has 1 spiro atoms. The first-order valence-corrected chi connectivity index (χ1v) is 11.5. The fraction of sp³-hybridized carbons (Fsp3) is 0.826. The Labute approximate surface area is 217 Å². The van der Waals surface area contributed by atoms with E-state index in [2.05, 4.69) is 32.2 Å². The van der Waals surface area contributed by atoms with Crippen molar-refractivity contribution in [3.05, 3.63) is 11.6 Å². The first kappa shape index (κ1) is 26.9. The molecule has 7 atom stereocenters. The minimum absolute atomic E-state index is 0. The van der Waals surface area contributed by atoms with Crippen LogP contribution in [0, 0.1) is 5.92 Å². The smallest absolute Gasteiger partial charge is 0.549 e. The second-order valence-corrected chi connectivity index (χ2v) is 10.1. The minimum atomic E-state index is -1.11. The Hall–Kier alpha value is -0.680. The van der Waals surface area contributed by atoms with Gasteiger partial charge < -0.3 is 34.2 Å². The monoisotopic (exact) mass is 474 g/mol. The summed E-state index contributed by atoms with van der Waals surface area (Å²) in [5.74, 6) is -1.13. The van der Waals surface area contributed by atoms with Crippen LogP contribution in [-0.2, 0) is 23.7 Å². The fourth-order valence-electron chi connectivity index (χ4n) is 5.69. The minimum Gasteiger partial charge on any atom is -0.549 e. The number of alkyl carbamates (subject to hydrolysis) is 1. The third kappa shape index (κ3) is 5.94. The number of carboxylic acid groups (broad SMARTS) is 1. The normalized spacial score (nSPS) is 39.5. The Morgan fingerprint density at radius 3 is 2.64 bits per heavy atom. The number of carbonyl (C=O) groups excluding carboxylic acids is 2. The number of amides is 1. The number of nitrogens with one attached hydrogen (secondary N) is 1. The predicted octanol–water partition coefficient (Wildman–Crippen LogP) is -2.38. The molecule has 0 radical (unpaired) electrons. The Kier molecular flexibility index (Phi) is 8.58. The number of carbonyl (C=O) groups is 2. The number of ether oxygens (including phenoxy) is 4. The van der Waals surface area contributed by atoms with E-state index < -0.39 is 18.2 Å². The summed E-state index contributed by atoms with van der Waals surface area (Å²) < 4.78 is 23.9. The van der Waals surface area contributed by atoms with Crippen LogP contribution in [0.15, 0.2) is 11.6 Å². The van der Waals surface area contributed by atoms with Crippen molar-refractivity contribution in [1.29, 1.82) is 0 Å². The van der Waals surface area contributed by atoms with Gasteiger partial charge in [0.05, 0.1) is 24.6 Å². The molecule has 0 bridgehead atoms. The van der Waals surface area contributed by atoms with E-state index in [1.165, 1.54) is 5.57 Å². The van der Waals surface area contributed by atoms with Crippen molar-refractivity contribution in [2.45, 2.75) is 82.0 Å². The average molecular weight is 475 g/mol. The number of epoxide rings is 2. The van der Waals surface area contributed by atoms with Crippen LogP contribution in [0.2, 0.25) is 0 Å². The SMILES string of the molecule is CO[C@@H]1[C@H](OC(=O)N[C@H]2CCN(CC(=O)[O-])C2)CC[C@]2(CO2)[C@H]1[C@@]1(C)O[C@@H]1CC=C(C)C.[Na+]. The third-order valence-electron chi connectivity index (χ3n) is 7.44. The van der Waals surface area contributed by atoms with Crippen molar-refractivity contribution in [2.75, 3.05) is 33.4 Å². The van der Waals surface area contributed by atoms with E-state index in [-0.39, 0.29) is 71.5 Å². The molecule has 0 aromatic heterocycles. The van der Waals surface area contributed by atoms with Crippen LogP contribution in [-0.4, -0.2) is 85.9 Å². The Morgan fingerprint density at radius 2 is 2.03 bits per heavy atom. The van der Waals surface area contributed by atoms with E-state index >= 15 is 0 Å². The number of rotatable bonds is 8. The summed E-state index contributed by atoms with van der Waals surface area (Å²) in [6.45, 7) is 7.90. The Balaban J connectivity index is 0.00000306. The largest absolute Gasteiger partial charge is 1.00 e. The molecule has 10 heteroatoms. The van der Waals surface area contributed by atoms with Gasteiger partial charge in [0.1, 0.15) is 23.4 Å². The molecule has 9 nitrogen and oxygen atoms in total. The zero-order valence-electron chi connectivity index (χ0n) is 20.4. The topological polar surface area (TPSA) is 116 Å². The van der Waals surface area contributed by atoms with Crippen LogP contribution in [0.3, 0.4) is 0 Å². The van der Waals surface area contributed by atoms with Gasteiger partial charge in [0, 0.05) is 32.8 Å². The van der Waals surface area contributed by atoms with E-state index in [0.29, 0.717) is 32.5 Å². The van der Waals surface area contributed by atoms with E-state index in [9.17, 15) is 14.7 Å². The third-order valence-corrected chi connectivity index (χ3v) is 7.44. The van der Waals surface area contributed by atoms with Crippen LogP contribution in [0.5, 0.6) is 0 Å². The number of methoxy groups -OCH3 is 1. The molecule has 0 unspecified atom stereocenters. The number of hydrogen-bond acceptors (Lipinski definition) is 8. The van der Waals surface area contributed by atoms with Crippen LogP contribution in [0.4, 0.5) is 4.79 Å².